The minimum atomic E-state index is 0.469. The molecule has 1 aromatic carbocycles. The molecular formula is C18H27NO. The second-order valence-electron chi connectivity index (χ2n) is 6.62. The van der Waals surface area contributed by atoms with Crippen molar-refractivity contribution in [3.8, 4) is 5.75 Å². The van der Waals surface area contributed by atoms with Crippen molar-refractivity contribution in [1.29, 1.82) is 0 Å². The number of benzene rings is 1. The van der Waals surface area contributed by atoms with Gasteiger partial charge in [-0.2, -0.15) is 0 Å². The van der Waals surface area contributed by atoms with Gasteiger partial charge >= 0.3 is 0 Å². The lowest BCUT2D eigenvalue weighted by atomic mass is 9.67. The quantitative estimate of drug-likeness (QED) is 0.879. The van der Waals surface area contributed by atoms with Crippen molar-refractivity contribution in [1.82, 2.24) is 5.32 Å². The van der Waals surface area contributed by atoms with Crippen LogP contribution in [0.4, 0.5) is 0 Å². The largest absolute Gasteiger partial charge is 0.493 e. The molecule has 2 heteroatoms. The van der Waals surface area contributed by atoms with E-state index in [-0.39, 0.29) is 0 Å². The molecular weight excluding hydrogens is 246 g/mol. The first kappa shape index (κ1) is 13.9. The second-order valence-corrected chi connectivity index (χ2v) is 6.62. The first-order chi connectivity index (χ1) is 9.74. The normalized spacial score (nSPS) is 24.2. The maximum absolute atomic E-state index is 5.97. The zero-order valence-electron chi connectivity index (χ0n) is 12.9. The summed E-state index contributed by atoms with van der Waals surface area (Å²) < 4.78 is 5.97. The van der Waals surface area contributed by atoms with Crippen LogP contribution in [-0.2, 0) is 0 Å². The summed E-state index contributed by atoms with van der Waals surface area (Å²) in [7, 11) is 0. The van der Waals surface area contributed by atoms with E-state index in [1.807, 2.05) is 0 Å². The summed E-state index contributed by atoms with van der Waals surface area (Å²) in [4.78, 5) is 0. The highest BCUT2D eigenvalue weighted by Crippen LogP contribution is 2.44. The summed E-state index contributed by atoms with van der Waals surface area (Å²) in [6, 6.07) is 7.03. The van der Waals surface area contributed by atoms with Crippen LogP contribution in [0.1, 0.15) is 62.6 Å². The van der Waals surface area contributed by atoms with Gasteiger partial charge in [0.2, 0.25) is 0 Å². The van der Waals surface area contributed by atoms with Gasteiger partial charge in [0.1, 0.15) is 5.75 Å². The number of para-hydroxylation sites is 1. The van der Waals surface area contributed by atoms with Crippen LogP contribution in [0.15, 0.2) is 18.2 Å². The minimum absolute atomic E-state index is 0.469. The Balaban J connectivity index is 1.75. The Morgan fingerprint density at radius 1 is 1.30 bits per heavy atom. The van der Waals surface area contributed by atoms with E-state index in [2.05, 4.69) is 37.4 Å². The first-order valence-electron chi connectivity index (χ1n) is 8.20. The number of nitrogens with one attached hydrogen (secondary N) is 1. The maximum Gasteiger partial charge on any atom is 0.126 e. The summed E-state index contributed by atoms with van der Waals surface area (Å²) in [6.45, 7) is 6.52. The number of aryl methyl sites for hydroxylation is 1. The zero-order valence-corrected chi connectivity index (χ0v) is 12.9. The van der Waals surface area contributed by atoms with Crippen LogP contribution >= 0.6 is 0 Å². The van der Waals surface area contributed by atoms with Gasteiger partial charge < -0.3 is 10.1 Å². The molecule has 3 rings (SSSR count). The summed E-state index contributed by atoms with van der Waals surface area (Å²) in [6.07, 6.45) is 7.87. The van der Waals surface area contributed by atoms with Crippen LogP contribution in [0.3, 0.4) is 0 Å². The highest BCUT2D eigenvalue weighted by molar-refractivity contribution is 5.43. The Morgan fingerprint density at radius 3 is 2.85 bits per heavy atom. The molecule has 110 valence electrons. The SMILES string of the molecule is CCC1(CNC2CCCOc3c(C)cccc32)CCC1. The van der Waals surface area contributed by atoms with E-state index in [1.54, 1.807) is 0 Å². The third-order valence-corrected chi connectivity index (χ3v) is 5.39. The number of ether oxygens (including phenoxy) is 1. The number of rotatable bonds is 4. The Labute approximate surface area is 122 Å². The van der Waals surface area contributed by atoms with Crippen LogP contribution in [0.25, 0.3) is 0 Å². The molecule has 1 unspecified atom stereocenters. The molecule has 1 atom stereocenters. The number of hydrogen-bond donors (Lipinski definition) is 1. The van der Waals surface area contributed by atoms with Gasteiger partial charge in [0.05, 0.1) is 6.61 Å². The molecule has 1 saturated carbocycles. The molecule has 2 nitrogen and oxygen atoms in total. The molecule has 0 bridgehead atoms. The van der Waals surface area contributed by atoms with Crippen LogP contribution in [-0.4, -0.2) is 13.2 Å². The monoisotopic (exact) mass is 273 g/mol. The molecule has 1 N–H and O–H groups in total. The van der Waals surface area contributed by atoms with Crippen LogP contribution in [0.2, 0.25) is 0 Å². The highest BCUT2D eigenvalue weighted by atomic mass is 16.5. The Bertz CT molecular complexity index is 459. The van der Waals surface area contributed by atoms with Gasteiger partial charge in [-0.3, -0.25) is 0 Å². The lowest BCUT2D eigenvalue weighted by molar-refractivity contribution is 0.118. The highest BCUT2D eigenvalue weighted by Gasteiger charge is 2.35. The van der Waals surface area contributed by atoms with E-state index >= 15 is 0 Å². The average molecular weight is 273 g/mol. The summed E-state index contributed by atoms with van der Waals surface area (Å²) in [5, 5.41) is 3.86. The van der Waals surface area contributed by atoms with Crippen molar-refractivity contribution in [3.05, 3.63) is 29.3 Å². The second kappa shape index (κ2) is 5.77. The molecule has 1 aliphatic heterocycles. The van der Waals surface area contributed by atoms with E-state index in [0.29, 0.717) is 11.5 Å². The van der Waals surface area contributed by atoms with E-state index < -0.39 is 0 Å². The van der Waals surface area contributed by atoms with Gasteiger partial charge in [0.25, 0.3) is 0 Å². The van der Waals surface area contributed by atoms with Crippen molar-refractivity contribution in [2.75, 3.05) is 13.2 Å². The van der Waals surface area contributed by atoms with Crippen molar-refractivity contribution in [3.63, 3.8) is 0 Å². The third kappa shape index (κ3) is 2.58. The van der Waals surface area contributed by atoms with E-state index in [4.69, 9.17) is 4.74 Å². The van der Waals surface area contributed by atoms with Crippen molar-refractivity contribution >= 4 is 0 Å². The molecule has 0 aromatic heterocycles. The number of fused-ring (bicyclic) bond motifs is 1. The van der Waals surface area contributed by atoms with Gasteiger partial charge in [-0.25, -0.2) is 0 Å². The molecule has 2 aliphatic rings. The Hall–Kier alpha value is -1.02. The predicted molar refractivity (Wildman–Crippen MR) is 83.2 cm³/mol. The Morgan fingerprint density at radius 2 is 2.15 bits per heavy atom. The van der Waals surface area contributed by atoms with Gasteiger partial charge in [0.15, 0.2) is 0 Å². The fourth-order valence-corrected chi connectivity index (χ4v) is 3.65. The first-order valence-corrected chi connectivity index (χ1v) is 8.20. The van der Waals surface area contributed by atoms with Crippen molar-refractivity contribution < 1.29 is 4.74 Å². The number of hydrogen-bond acceptors (Lipinski definition) is 2. The molecule has 1 aromatic rings. The van der Waals surface area contributed by atoms with E-state index in [0.717, 1.165) is 18.8 Å². The van der Waals surface area contributed by atoms with Gasteiger partial charge in [-0.15, -0.1) is 0 Å². The third-order valence-electron chi connectivity index (χ3n) is 5.39. The van der Waals surface area contributed by atoms with Crippen LogP contribution in [0.5, 0.6) is 5.75 Å². The van der Waals surface area contributed by atoms with Crippen molar-refractivity contribution in [2.45, 2.75) is 58.4 Å². The minimum Gasteiger partial charge on any atom is -0.493 e. The van der Waals surface area contributed by atoms with E-state index in [1.165, 1.54) is 49.8 Å². The Kier molecular flexibility index (Phi) is 4.02. The standard InChI is InChI=1S/C18H27NO/c1-3-18(10-6-11-18)13-19-16-9-5-12-20-17-14(2)7-4-8-15(16)17/h4,7-8,16,19H,3,5-6,9-13H2,1-2H3. The molecule has 0 radical (unpaired) electrons. The lowest BCUT2D eigenvalue weighted by Crippen LogP contribution is -2.40. The van der Waals surface area contributed by atoms with Crippen molar-refractivity contribution in [2.24, 2.45) is 5.41 Å². The zero-order chi connectivity index (χ0) is 14.0. The van der Waals surface area contributed by atoms with Crippen LogP contribution < -0.4 is 10.1 Å². The topological polar surface area (TPSA) is 21.3 Å². The molecule has 1 aliphatic carbocycles. The van der Waals surface area contributed by atoms with E-state index in [9.17, 15) is 0 Å². The summed E-state index contributed by atoms with van der Waals surface area (Å²) in [5.41, 5.74) is 3.22. The molecule has 1 fully saturated rings. The molecule has 0 amide bonds. The summed E-state index contributed by atoms with van der Waals surface area (Å²) in [5.74, 6) is 1.13. The average Bonchev–Trinajstić information content (AvgIpc) is 2.62. The molecule has 1 heterocycles. The van der Waals surface area contributed by atoms with Gasteiger partial charge in [-0.1, -0.05) is 31.5 Å². The predicted octanol–water partition coefficient (Wildman–Crippen LogP) is 4.38. The molecule has 0 saturated heterocycles. The smallest absolute Gasteiger partial charge is 0.126 e. The fourth-order valence-electron chi connectivity index (χ4n) is 3.65. The maximum atomic E-state index is 5.97. The molecule has 20 heavy (non-hydrogen) atoms. The van der Waals surface area contributed by atoms with Crippen LogP contribution in [0, 0.1) is 12.3 Å². The lowest BCUT2D eigenvalue weighted by Gasteiger charge is -2.42. The molecule has 0 spiro atoms. The fraction of sp³-hybridized carbons (Fsp3) is 0.667. The summed E-state index contributed by atoms with van der Waals surface area (Å²) >= 11 is 0. The van der Waals surface area contributed by atoms with Gasteiger partial charge in [-0.05, 0) is 50.0 Å². The van der Waals surface area contributed by atoms with Gasteiger partial charge in [0, 0.05) is 18.2 Å².